The lowest BCUT2D eigenvalue weighted by atomic mass is 10.1. The number of hydrogen-bond acceptors (Lipinski definition) is 3. The third-order valence-electron chi connectivity index (χ3n) is 2.79. The molecule has 1 aliphatic carbocycles. The first kappa shape index (κ1) is 9.83. The zero-order valence-corrected chi connectivity index (χ0v) is 8.66. The maximum atomic E-state index is 11.0. The summed E-state index contributed by atoms with van der Waals surface area (Å²) >= 11 is 0. The molecular formula is C11H15N3O. The predicted octanol–water partition coefficient (Wildman–Crippen LogP) is 1.19. The zero-order valence-electron chi connectivity index (χ0n) is 8.66. The lowest BCUT2D eigenvalue weighted by Crippen LogP contribution is -2.13. The van der Waals surface area contributed by atoms with Crippen LogP contribution in [0.25, 0.3) is 0 Å². The molecule has 2 atom stereocenters. The largest absolute Gasteiger partial charge is 0.397 e. The summed E-state index contributed by atoms with van der Waals surface area (Å²) in [6, 6.07) is 5.53. The standard InChI is InChI=1S/C11H15N3O/c1-6-4-9(6)14-10-5-7(11(13)15)2-3-8(10)12/h2-3,5-6,9,14H,4,12H2,1H3,(H2,13,15). The van der Waals surface area contributed by atoms with Gasteiger partial charge in [-0.2, -0.15) is 0 Å². The molecule has 0 saturated heterocycles. The van der Waals surface area contributed by atoms with Crippen molar-refractivity contribution >= 4 is 17.3 Å². The van der Waals surface area contributed by atoms with Crippen LogP contribution in [0.4, 0.5) is 11.4 Å². The molecule has 0 spiro atoms. The molecule has 0 aliphatic heterocycles. The van der Waals surface area contributed by atoms with E-state index < -0.39 is 5.91 Å². The Hall–Kier alpha value is -1.71. The van der Waals surface area contributed by atoms with Crippen LogP contribution in [0.3, 0.4) is 0 Å². The first-order valence-corrected chi connectivity index (χ1v) is 5.04. The molecule has 1 aromatic carbocycles. The maximum absolute atomic E-state index is 11.0. The summed E-state index contributed by atoms with van der Waals surface area (Å²) in [7, 11) is 0. The summed E-state index contributed by atoms with van der Waals surface area (Å²) in [5.41, 5.74) is 12.9. The van der Waals surface area contributed by atoms with Crippen LogP contribution >= 0.6 is 0 Å². The monoisotopic (exact) mass is 205 g/mol. The molecule has 1 fully saturated rings. The summed E-state index contributed by atoms with van der Waals surface area (Å²) in [6.45, 7) is 2.17. The molecule has 2 unspecified atom stereocenters. The van der Waals surface area contributed by atoms with E-state index in [1.165, 1.54) is 0 Å². The van der Waals surface area contributed by atoms with Crippen LogP contribution in [0.1, 0.15) is 23.7 Å². The number of amides is 1. The first-order valence-electron chi connectivity index (χ1n) is 5.04. The number of anilines is 2. The number of rotatable bonds is 3. The minimum absolute atomic E-state index is 0.429. The number of carbonyl (C=O) groups excluding carboxylic acids is 1. The second-order valence-corrected chi connectivity index (χ2v) is 4.13. The molecule has 0 bridgehead atoms. The molecule has 15 heavy (non-hydrogen) atoms. The van der Waals surface area contributed by atoms with E-state index in [4.69, 9.17) is 11.5 Å². The Morgan fingerprint density at radius 1 is 1.53 bits per heavy atom. The minimum Gasteiger partial charge on any atom is -0.397 e. The van der Waals surface area contributed by atoms with Crippen LogP contribution < -0.4 is 16.8 Å². The molecule has 2 rings (SSSR count). The third-order valence-corrected chi connectivity index (χ3v) is 2.79. The van der Waals surface area contributed by atoms with Crippen LogP contribution in [-0.2, 0) is 0 Å². The number of benzene rings is 1. The molecule has 80 valence electrons. The van der Waals surface area contributed by atoms with E-state index in [0.29, 0.717) is 23.2 Å². The Labute approximate surface area is 88.6 Å². The first-order chi connectivity index (χ1) is 7.08. The lowest BCUT2D eigenvalue weighted by Gasteiger charge is -2.09. The predicted molar refractivity (Wildman–Crippen MR) is 60.6 cm³/mol. The highest BCUT2D eigenvalue weighted by Crippen LogP contribution is 2.34. The number of nitrogens with one attached hydrogen (secondary N) is 1. The molecule has 0 radical (unpaired) electrons. The Bertz CT molecular complexity index is 403. The van der Waals surface area contributed by atoms with Gasteiger partial charge in [0.25, 0.3) is 0 Å². The number of nitrogens with two attached hydrogens (primary N) is 2. The van der Waals surface area contributed by atoms with Crippen molar-refractivity contribution < 1.29 is 4.79 Å². The van der Waals surface area contributed by atoms with Gasteiger partial charge in [0, 0.05) is 11.6 Å². The van der Waals surface area contributed by atoms with Crippen molar-refractivity contribution in [1.82, 2.24) is 0 Å². The summed E-state index contributed by atoms with van der Waals surface area (Å²) in [6.07, 6.45) is 1.15. The highest BCUT2D eigenvalue weighted by atomic mass is 16.1. The molecule has 1 aromatic rings. The Kier molecular flexibility index (Phi) is 2.26. The van der Waals surface area contributed by atoms with Crippen LogP contribution in [0.15, 0.2) is 18.2 Å². The normalized spacial score (nSPS) is 23.5. The van der Waals surface area contributed by atoms with Gasteiger partial charge in [-0.15, -0.1) is 0 Å². The maximum Gasteiger partial charge on any atom is 0.248 e. The van der Waals surface area contributed by atoms with Crippen LogP contribution in [0, 0.1) is 5.92 Å². The number of primary amides is 1. The molecular weight excluding hydrogens is 190 g/mol. The number of nitrogen functional groups attached to an aromatic ring is 1. The van der Waals surface area contributed by atoms with Crippen LogP contribution in [0.2, 0.25) is 0 Å². The highest BCUT2D eigenvalue weighted by molar-refractivity contribution is 5.94. The van der Waals surface area contributed by atoms with Crippen LogP contribution in [-0.4, -0.2) is 11.9 Å². The quantitative estimate of drug-likeness (QED) is 0.648. The number of hydrogen-bond donors (Lipinski definition) is 3. The molecule has 4 heteroatoms. The Morgan fingerprint density at radius 2 is 2.20 bits per heavy atom. The van der Waals surface area contributed by atoms with E-state index in [-0.39, 0.29) is 0 Å². The second-order valence-electron chi connectivity index (χ2n) is 4.13. The van der Waals surface area contributed by atoms with Gasteiger partial charge in [-0.05, 0) is 30.5 Å². The summed E-state index contributed by atoms with van der Waals surface area (Å²) < 4.78 is 0. The van der Waals surface area contributed by atoms with E-state index in [2.05, 4.69) is 12.2 Å². The van der Waals surface area contributed by atoms with Crippen molar-refractivity contribution in [1.29, 1.82) is 0 Å². The van der Waals surface area contributed by atoms with Gasteiger partial charge in [-0.25, -0.2) is 0 Å². The fourth-order valence-corrected chi connectivity index (χ4v) is 1.56. The smallest absolute Gasteiger partial charge is 0.248 e. The average Bonchev–Trinajstić information content (AvgIpc) is 2.85. The fraction of sp³-hybridized carbons (Fsp3) is 0.364. The van der Waals surface area contributed by atoms with Gasteiger partial charge < -0.3 is 16.8 Å². The van der Waals surface area contributed by atoms with Gasteiger partial charge >= 0.3 is 0 Å². The fourth-order valence-electron chi connectivity index (χ4n) is 1.56. The van der Waals surface area contributed by atoms with Gasteiger partial charge in [-0.1, -0.05) is 6.92 Å². The Morgan fingerprint density at radius 3 is 2.73 bits per heavy atom. The van der Waals surface area contributed by atoms with Crippen LogP contribution in [0.5, 0.6) is 0 Å². The van der Waals surface area contributed by atoms with Crippen molar-refractivity contribution in [3.63, 3.8) is 0 Å². The minimum atomic E-state index is -0.429. The SMILES string of the molecule is CC1CC1Nc1cc(C(N)=O)ccc1N. The third kappa shape index (κ3) is 2.03. The molecule has 0 heterocycles. The van der Waals surface area contributed by atoms with Crippen molar-refractivity contribution in [3.8, 4) is 0 Å². The zero-order chi connectivity index (χ0) is 11.0. The van der Waals surface area contributed by atoms with E-state index in [1.807, 2.05) is 0 Å². The second kappa shape index (κ2) is 3.46. The summed E-state index contributed by atoms with van der Waals surface area (Å²) in [5.74, 6) is 0.253. The van der Waals surface area contributed by atoms with Gasteiger partial charge in [-0.3, -0.25) is 4.79 Å². The average molecular weight is 205 g/mol. The van der Waals surface area contributed by atoms with Gasteiger partial charge in [0.15, 0.2) is 0 Å². The molecule has 5 N–H and O–H groups in total. The van der Waals surface area contributed by atoms with E-state index >= 15 is 0 Å². The molecule has 1 saturated carbocycles. The topological polar surface area (TPSA) is 81.1 Å². The van der Waals surface area contributed by atoms with Crippen molar-refractivity contribution in [2.24, 2.45) is 11.7 Å². The van der Waals surface area contributed by atoms with Crippen molar-refractivity contribution in [2.75, 3.05) is 11.1 Å². The van der Waals surface area contributed by atoms with E-state index in [0.717, 1.165) is 12.1 Å². The molecule has 1 aliphatic rings. The summed E-state index contributed by atoms with van der Waals surface area (Å²) in [5, 5.41) is 3.30. The molecule has 1 amide bonds. The van der Waals surface area contributed by atoms with Gasteiger partial charge in [0.2, 0.25) is 5.91 Å². The molecule has 0 aromatic heterocycles. The lowest BCUT2D eigenvalue weighted by molar-refractivity contribution is 0.100. The van der Waals surface area contributed by atoms with Gasteiger partial charge in [0.1, 0.15) is 0 Å². The van der Waals surface area contributed by atoms with E-state index in [9.17, 15) is 4.79 Å². The van der Waals surface area contributed by atoms with E-state index in [1.54, 1.807) is 18.2 Å². The highest BCUT2D eigenvalue weighted by Gasteiger charge is 2.32. The number of carbonyl (C=O) groups is 1. The Balaban J connectivity index is 2.20. The molecule has 4 nitrogen and oxygen atoms in total. The van der Waals surface area contributed by atoms with Gasteiger partial charge in [0.05, 0.1) is 11.4 Å². The van der Waals surface area contributed by atoms with Crippen molar-refractivity contribution in [3.05, 3.63) is 23.8 Å². The summed E-state index contributed by atoms with van der Waals surface area (Å²) in [4.78, 5) is 11.0. The van der Waals surface area contributed by atoms with Crippen molar-refractivity contribution in [2.45, 2.75) is 19.4 Å².